The summed E-state index contributed by atoms with van der Waals surface area (Å²) in [4.78, 5) is 24.3. The third kappa shape index (κ3) is 3.87. The molecule has 0 saturated carbocycles. The van der Waals surface area contributed by atoms with Crippen molar-refractivity contribution >= 4 is 34.5 Å². The molecule has 4 rings (SSSR count). The highest BCUT2D eigenvalue weighted by Gasteiger charge is 2.44. The van der Waals surface area contributed by atoms with Gasteiger partial charge in [0.2, 0.25) is 5.91 Å². The molecule has 3 aromatic rings. The number of benzene rings is 1. The van der Waals surface area contributed by atoms with E-state index in [1.165, 1.54) is 17.2 Å². The maximum atomic E-state index is 12.2. The first-order valence-corrected chi connectivity index (χ1v) is 9.27. The standard InChI is InChI=1S/C18H19ClN6O4/c19-10-3-1-9(2-4-10)5-12(26)21-6-11-14(27)15(28)18(29-11)25-8-24-13-16(20)22-7-23-17(13)25/h1-4,7-8,11,14-15,18,27-28H,5-6H2,(H,21,26)(H2,20,22,23). The van der Waals surface area contributed by atoms with Crippen LogP contribution in [0, 0.1) is 0 Å². The molecule has 0 radical (unpaired) electrons. The Kier molecular flexibility index (Phi) is 5.33. The van der Waals surface area contributed by atoms with Gasteiger partial charge in [-0.1, -0.05) is 23.7 Å². The van der Waals surface area contributed by atoms with E-state index in [1.807, 2.05) is 0 Å². The highest BCUT2D eigenvalue weighted by molar-refractivity contribution is 6.30. The quantitative estimate of drug-likeness (QED) is 0.454. The van der Waals surface area contributed by atoms with Crippen LogP contribution in [-0.2, 0) is 16.0 Å². The van der Waals surface area contributed by atoms with E-state index < -0.39 is 24.5 Å². The number of nitrogen functional groups attached to an aromatic ring is 1. The first-order chi connectivity index (χ1) is 13.9. The van der Waals surface area contributed by atoms with Crippen LogP contribution in [0.2, 0.25) is 5.02 Å². The fourth-order valence-corrected chi connectivity index (χ4v) is 3.37. The van der Waals surface area contributed by atoms with E-state index in [4.69, 9.17) is 22.1 Å². The van der Waals surface area contributed by atoms with Crippen molar-refractivity contribution in [2.45, 2.75) is 31.0 Å². The van der Waals surface area contributed by atoms with Crippen molar-refractivity contribution in [2.75, 3.05) is 12.3 Å². The molecule has 1 saturated heterocycles. The summed E-state index contributed by atoms with van der Waals surface area (Å²) >= 11 is 5.84. The van der Waals surface area contributed by atoms with E-state index in [2.05, 4.69) is 20.3 Å². The van der Waals surface area contributed by atoms with Crippen LogP contribution in [0.15, 0.2) is 36.9 Å². The summed E-state index contributed by atoms with van der Waals surface area (Å²) in [5.41, 5.74) is 7.33. The minimum Gasteiger partial charge on any atom is -0.387 e. The molecule has 5 N–H and O–H groups in total. The molecular formula is C18H19ClN6O4. The predicted molar refractivity (Wildman–Crippen MR) is 104 cm³/mol. The van der Waals surface area contributed by atoms with Crippen molar-refractivity contribution in [2.24, 2.45) is 0 Å². The number of nitrogens with one attached hydrogen (secondary N) is 1. The minimum absolute atomic E-state index is 0.0326. The number of nitrogens with zero attached hydrogens (tertiary/aromatic N) is 4. The normalized spacial score (nSPS) is 24.1. The Morgan fingerprint density at radius 3 is 2.72 bits per heavy atom. The van der Waals surface area contributed by atoms with Gasteiger partial charge < -0.3 is 26.0 Å². The largest absolute Gasteiger partial charge is 0.387 e. The highest BCUT2D eigenvalue weighted by Crippen LogP contribution is 2.31. The van der Waals surface area contributed by atoms with Gasteiger partial charge in [0.05, 0.1) is 12.7 Å². The second-order valence-corrected chi connectivity index (χ2v) is 7.17. The molecule has 0 spiro atoms. The Bertz CT molecular complexity index is 1030. The Morgan fingerprint density at radius 2 is 1.97 bits per heavy atom. The lowest BCUT2D eigenvalue weighted by Crippen LogP contribution is -2.40. The Balaban J connectivity index is 1.41. The third-order valence-electron chi connectivity index (χ3n) is 4.78. The highest BCUT2D eigenvalue weighted by atomic mass is 35.5. The molecule has 1 aliphatic rings. The number of nitrogens with two attached hydrogens (primary N) is 1. The van der Waals surface area contributed by atoms with Crippen LogP contribution in [0.25, 0.3) is 11.2 Å². The zero-order chi connectivity index (χ0) is 20.5. The number of anilines is 1. The van der Waals surface area contributed by atoms with Gasteiger partial charge in [-0.25, -0.2) is 15.0 Å². The molecule has 4 unspecified atom stereocenters. The number of hydrogen-bond donors (Lipinski definition) is 4. The molecule has 1 fully saturated rings. The van der Waals surface area contributed by atoms with Crippen molar-refractivity contribution in [1.82, 2.24) is 24.8 Å². The smallest absolute Gasteiger partial charge is 0.224 e. The van der Waals surface area contributed by atoms with E-state index in [0.717, 1.165) is 5.56 Å². The van der Waals surface area contributed by atoms with Crippen LogP contribution in [0.5, 0.6) is 0 Å². The zero-order valence-corrected chi connectivity index (χ0v) is 15.9. The number of aliphatic hydroxyl groups is 2. The number of carbonyl (C=O) groups is 1. The number of carbonyl (C=O) groups excluding carboxylic acids is 1. The maximum absolute atomic E-state index is 12.2. The van der Waals surface area contributed by atoms with Crippen LogP contribution in [0.1, 0.15) is 11.8 Å². The average molecular weight is 419 g/mol. The van der Waals surface area contributed by atoms with Gasteiger partial charge in [0, 0.05) is 11.6 Å². The number of rotatable bonds is 5. The second kappa shape index (κ2) is 7.91. The number of ether oxygens (including phenoxy) is 1. The maximum Gasteiger partial charge on any atom is 0.224 e. The number of aromatic nitrogens is 4. The molecule has 10 nitrogen and oxygen atoms in total. The summed E-state index contributed by atoms with van der Waals surface area (Å²) in [7, 11) is 0. The zero-order valence-electron chi connectivity index (χ0n) is 15.1. The topological polar surface area (TPSA) is 148 Å². The molecule has 1 aliphatic heterocycles. The molecule has 4 atom stereocenters. The van der Waals surface area contributed by atoms with Crippen LogP contribution >= 0.6 is 11.6 Å². The summed E-state index contributed by atoms with van der Waals surface area (Å²) in [6.07, 6.45) is -1.31. The lowest BCUT2D eigenvalue weighted by atomic mass is 10.1. The van der Waals surface area contributed by atoms with E-state index in [-0.39, 0.29) is 24.7 Å². The molecule has 3 heterocycles. The van der Waals surface area contributed by atoms with Crippen molar-refractivity contribution in [3.63, 3.8) is 0 Å². The number of fused-ring (bicyclic) bond motifs is 1. The van der Waals surface area contributed by atoms with Gasteiger partial charge in [-0.3, -0.25) is 9.36 Å². The van der Waals surface area contributed by atoms with Gasteiger partial charge >= 0.3 is 0 Å². The first-order valence-electron chi connectivity index (χ1n) is 8.90. The second-order valence-electron chi connectivity index (χ2n) is 6.74. The molecule has 1 aromatic carbocycles. The Labute approximate surface area is 170 Å². The first kappa shape index (κ1) is 19.5. The number of aliphatic hydroxyl groups excluding tert-OH is 2. The van der Waals surface area contributed by atoms with Gasteiger partial charge in [0.15, 0.2) is 17.7 Å². The van der Waals surface area contributed by atoms with Crippen molar-refractivity contribution in [3.05, 3.63) is 47.5 Å². The molecule has 0 aliphatic carbocycles. The van der Waals surface area contributed by atoms with Gasteiger partial charge in [0.25, 0.3) is 0 Å². The monoisotopic (exact) mass is 418 g/mol. The fourth-order valence-electron chi connectivity index (χ4n) is 3.25. The van der Waals surface area contributed by atoms with Gasteiger partial charge in [-0.15, -0.1) is 0 Å². The molecule has 152 valence electrons. The van der Waals surface area contributed by atoms with Crippen LogP contribution in [0.4, 0.5) is 5.82 Å². The SMILES string of the molecule is Nc1ncnc2c1ncn2C1OC(CNC(=O)Cc2ccc(Cl)cc2)C(O)C1O. The van der Waals surface area contributed by atoms with Crippen molar-refractivity contribution in [1.29, 1.82) is 0 Å². The number of imidazole rings is 1. The summed E-state index contributed by atoms with van der Waals surface area (Å²) in [6.45, 7) is 0.0326. The van der Waals surface area contributed by atoms with Crippen molar-refractivity contribution < 1.29 is 19.7 Å². The van der Waals surface area contributed by atoms with E-state index >= 15 is 0 Å². The predicted octanol–water partition coefficient (Wildman–Crippen LogP) is 0.0400. The molecule has 0 bridgehead atoms. The Morgan fingerprint density at radius 1 is 1.21 bits per heavy atom. The van der Waals surface area contributed by atoms with Gasteiger partial charge in [-0.05, 0) is 17.7 Å². The van der Waals surface area contributed by atoms with Crippen LogP contribution in [0.3, 0.4) is 0 Å². The molecule has 1 amide bonds. The summed E-state index contributed by atoms with van der Waals surface area (Å²) < 4.78 is 7.27. The van der Waals surface area contributed by atoms with Gasteiger partial charge in [-0.2, -0.15) is 0 Å². The minimum atomic E-state index is -1.23. The number of hydrogen-bond acceptors (Lipinski definition) is 8. The molecule has 29 heavy (non-hydrogen) atoms. The summed E-state index contributed by atoms with van der Waals surface area (Å²) in [5, 5.41) is 24.1. The molecular weight excluding hydrogens is 400 g/mol. The molecule has 2 aromatic heterocycles. The lowest BCUT2D eigenvalue weighted by molar-refractivity contribution is -0.121. The van der Waals surface area contributed by atoms with Gasteiger partial charge in [0.1, 0.15) is 30.2 Å². The van der Waals surface area contributed by atoms with E-state index in [9.17, 15) is 15.0 Å². The van der Waals surface area contributed by atoms with E-state index in [1.54, 1.807) is 24.3 Å². The third-order valence-corrected chi connectivity index (χ3v) is 5.03. The number of halogens is 1. The summed E-state index contributed by atoms with van der Waals surface area (Å²) in [6, 6.07) is 6.95. The van der Waals surface area contributed by atoms with Crippen molar-refractivity contribution in [3.8, 4) is 0 Å². The average Bonchev–Trinajstić information content (AvgIpc) is 3.25. The fraction of sp³-hybridized carbons (Fsp3) is 0.333. The summed E-state index contributed by atoms with van der Waals surface area (Å²) in [5.74, 6) is -0.0394. The number of amides is 1. The lowest BCUT2D eigenvalue weighted by Gasteiger charge is -2.16. The van der Waals surface area contributed by atoms with Crippen LogP contribution < -0.4 is 11.1 Å². The molecule has 11 heteroatoms. The Hall–Kier alpha value is -2.79. The van der Waals surface area contributed by atoms with E-state index in [0.29, 0.717) is 16.2 Å². The van der Waals surface area contributed by atoms with Crippen LogP contribution in [-0.4, -0.2) is 60.5 Å².